The molecular formula is C19H22N6O2. The van der Waals surface area contributed by atoms with Crippen molar-refractivity contribution in [2.45, 2.75) is 6.54 Å². The van der Waals surface area contributed by atoms with Crippen LogP contribution in [0.5, 0.6) is 0 Å². The molecule has 0 bridgehead atoms. The summed E-state index contributed by atoms with van der Waals surface area (Å²) < 4.78 is 2.86. The lowest BCUT2D eigenvalue weighted by molar-refractivity contribution is 0.248. The summed E-state index contributed by atoms with van der Waals surface area (Å²) in [6, 6.07) is 7.61. The molecule has 0 atom stereocenters. The first-order chi connectivity index (χ1) is 13.0. The van der Waals surface area contributed by atoms with E-state index in [4.69, 9.17) is 0 Å². The van der Waals surface area contributed by atoms with Crippen molar-refractivity contribution in [3.05, 3.63) is 63.1 Å². The van der Waals surface area contributed by atoms with Crippen molar-refractivity contribution in [1.29, 1.82) is 0 Å². The highest BCUT2D eigenvalue weighted by Gasteiger charge is 2.19. The third-order valence-corrected chi connectivity index (χ3v) is 5.12. The number of fused-ring (bicyclic) bond motifs is 1. The average molecular weight is 366 g/mol. The molecule has 1 fully saturated rings. The van der Waals surface area contributed by atoms with Gasteiger partial charge in [-0.3, -0.25) is 14.5 Å². The zero-order valence-corrected chi connectivity index (χ0v) is 15.5. The fraction of sp³-hybridized carbons (Fsp3) is 0.368. The van der Waals surface area contributed by atoms with E-state index < -0.39 is 0 Å². The Morgan fingerprint density at radius 3 is 2.56 bits per heavy atom. The Kier molecular flexibility index (Phi) is 4.49. The number of hydrogen-bond acceptors (Lipinski definition) is 6. The second-order valence-electron chi connectivity index (χ2n) is 6.91. The maximum absolute atomic E-state index is 12.2. The van der Waals surface area contributed by atoms with Crippen LogP contribution in [0.1, 0.15) is 5.56 Å². The molecule has 1 aromatic carbocycles. The molecule has 0 N–H and O–H groups in total. The van der Waals surface area contributed by atoms with E-state index in [1.807, 2.05) is 18.2 Å². The van der Waals surface area contributed by atoms with Crippen LogP contribution in [-0.2, 0) is 20.6 Å². The molecule has 0 radical (unpaired) electrons. The van der Waals surface area contributed by atoms with Gasteiger partial charge in [0.15, 0.2) is 0 Å². The predicted molar refractivity (Wildman–Crippen MR) is 104 cm³/mol. The summed E-state index contributed by atoms with van der Waals surface area (Å²) in [5, 5.41) is 4.60. The molecule has 4 rings (SSSR count). The molecule has 3 heterocycles. The van der Waals surface area contributed by atoms with Gasteiger partial charge in [-0.1, -0.05) is 0 Å². The van der Waals surface area contributed by atoms with Gasteiger partial charge in [-0.15, -0.1) is 0 Å². The van der Waals surface area contributed by atoms with Crippen molar-refractivity contribution >= 4 is 16.6 Å². The van der Waals surface area contributed by atoms with Crippen molar-refractivity contribution in [3.63, 3.8) is 0 Å². The van der Waals surface area contributed by atoms with Crippen LogP contribution < -0.4 is 16.0 Å². The average Bonchev–Trinajstić information content (AvgIpc) is 2.69. The van der Waals surface area contributed by atoms with Gasteiger partial charge in [0.1, 0.15) is 0 Å². The molecular weight excluding hydrogens is 344 g/mol. The van der Waals surface area contributed by atoms with Gasteiger partial charge in [0.05, 0.1) is 17.2 Å². The Morgan fingerprint density at radius 2 is 1.78 bits per heavy atom. The molecule has 0 saturated carbocycles. The molecule has 140 valence electrons. The van der Waals surface area contributed by atoms with Gasteiger partial charge >= 0.3 is 0 Å². The van der Waals surface area contributed by atoms with Crippen LogP contribution in [0.25, 0.3) is 10.9 Å². The first-order valence-electron chi connectivity index (χ1n) is 8.97. The number of nitrogens with zero attached hydrogens (tertiary/aromatic N) is 6. The lowest BCUT2D eigenvalue weighted by atomic mass is 10.2. The van der Waals surface area contributed by atoms with Crippen molar-refractivity contribution in [3.8, 4) is 0 Å². The first kappa shape index (κ1) is 17.4. The Balaban J connectivity index is 1.47. The lowest BCUT2D eigenvalue weighted by Gasteiger charge is -2.36. The molecule has 0 unspecified atom stereocenters. The van der Waals surface area contributed by atoms with Crippen LogP contribution in [0.2, 0.25) is 0 Å². The molecule has 1 aliphatic rings. The highest BCUT2D eigenvalue weighted by atomic mass is 16.1. The van der Waals surface area contributed by atoms with E-state index in [-0.39, 0.29) is 11.1 Å². The Morgan fingerprint density at radius 1 is 1.00 bits per heavy atom. The maximum Gasteiger partial charge on any atom is 0.270 e. The van der Waals surface area contributed by atoms with Crippen LogP contribution in [0.15, 0.2) is 46.4 Å². The van der Waals surface area contributed by atoms with Gasteiger partial charge in [0.2, 0.25) is 0 Å². The molecule has 8 heteroatoms. The number of piperazine rings is 1. The van der Waals surface area contributed by atoms with Gasteiger partial charge in [-0.05, 0) is 24.3 Å². The summed E-state index contributed by atoms with van der Waals surface area (Å²) in [5.74, 6) is 0. The third-order valence-electron chi connectivity index (χ3n) is 5.12. The van der Waals surface area contributed by atoms with Gasteiger partial charge in [0, 0.05) is 64.3 Å². The second kappa shape index (κ2) is 6.96. The fourth-order valence-corrected chi connectivity index (χ4v) is 3.48. The van der Waals surface area contributed by atoms with Crippen molar-refractivity contribution < 1.29 is 0 Å². The van der Waals surface area contributed by atoms with Gasteiger partial charge in [-0.2, -0.15) is 5.10 Å². The summed E-state index contributed by atoms with van der Waals surface area (Å²) in [6.45, 7) is 4.10. The van der Waals surface area contributed by atoms with Gasteiger partial charge in [0.25, 0.3) is 11.1 Å². The molecule has 8 nitrogen and oxygen atoms in total. The van der Waals surface area contributed by atoms with Crippen LogP contribution in [-0.4, -0.2) is 50.4 Å². The van der Waals surface area contributed by atoms with Crippen LogP contribution in [0.4, 0.5) is 5.69 Å². The molecule has 0 spiro atoms. The monoisotopic (exact) mass is 366 g/mol. The first-order valence-corrected chi connectivity index (χ1v) is 8.97. The minimum absolute atomic E-state index is 0.0321. The minimum atomic E-state index is -0.0397. The SMILES string of the molecule is Cn1cnc2cc(N3CCN(Cc4ccnn(C)c4=O)CC3)ccc2c1=O. The highest BCUT2D eigenvalue weighted by molar-refractivity contribution is 5.81. The molecule has 2 aromatic heterocycles. The topological polar surface area (TPSA) is 76.3 Å². The second-order valence-corrected chi connectivity index (χ2v) is 6.91. The van der Waals surface area contributed by atoms with Crippen molar-refractivity contribution in [2.75, 3.05) is 31.1 Å². The summed E-state index contributed by atoms with van der Waals surface area (Å²) in [7, 11) is 3.38. The van der Waals surface area contributed by atoms with E-state index in [0.29, 0.717) is 11.9 Å². The van der Waals surface area contributed by atoms with E-state index in [2.05, 4.69) is 19.9 Å². The summed E-state index contributed by atoms with van der Waals surface area (Å²) in [6.07, 6.45) is 3.22. The summed E-state index contributed by atoms with van der Waals surface area (Å²) >= 11 is 0. The highest BCUT2D eigenvalue weighted by Crippen LogP contribution is 2.20. The molecule has 3 aromatic rings. The van der Waals surface area contributed by atoms with Crippen LogP contribution in [0, 0.1) is 0 Å². The van der Waals surface area contributed by atoms with Gasteiger partial charge < -0.3 is 9.47 Å². The number of rotatable bonds is 3. The standard InChI is InChI=1S/C19H22N6O2/c1-22-13-20-17-11-15(3-4-16(17)19(22)27)25-9-7-24(8-10-25)12-14-5-6-21-23(2)18(14)26/h3-6,11,13H,7-10,12H2,1-2H3. The van der Waals surface area contributed by atoms with E-state index in [9.17, 15) is 9.59 Å². The van der Waals surface area contributed by atoms with Crippen LogP contribution in [0.3, 0.4) is 0 Å². The normalized spacial score (nSPS) is 15.4. The minimum Gasteiger partial charge on any atom is -0.369 e. The largest absolute Gasteiger partial charge is 0.369 e. The van der Waals surface area contributed by atoms with E-state index in [1.165, 1.54) is 9.25 Å². The quantitative estimate of drug-likeness (QED) is 0.666. The number of aryl methyl sites for hydroxylation is 2. The number of anilines is 1. The van der Waals surface area contributed by atoms with E-state index in [1.54, 1.807) is 32.7 Å². The Bertz CT molecular complexity index is 1100. The van der Waals surface area contributed by atoms with Crippen molar-refractivity contribution in [1.82, 2.24) is 24.2 Å². The third kappa shape index (κ3) is 3.35. The summed E-state index contributed by atoms with van der Waals surface area (Å²) in [5.41, 5.74) is 2.49. The lowest BCUT2D eigenvalue weighted by Crippen LogP contribution is -2.46. The number of aromatic nitrogens is 4. The zero-order valence-electron chi connectivity index (χ0n) is 15.5. The summed E-state index contributed by atoms with van der Waals surface area (Å²) in [4.78, 5) is 33.2. The smallest absolute Gasteiger partial charge is 0.270 e. The van der Waals surface area contributed by atoms with Crippen LogP contribution >= 0.6 is 0 Å². The van der Waals surface area contributed by atoms with E-state index in [0.717, 1.165) is 42.9 Å². The Labute approximate surface area is 156 Å². The number of benzene rings is 1. The number of hydrogen-bond donors (Lipinski definition) is 0. The molecule has 1 saturated heterocycles. The fourth-order valence-electron chi connectivity index (χ4n) is 3.48. The van der Waals surface area contributed by atoms with Crippen molar-refractivity contribution in [2.24, 2.45) is 14.1 Å². The molecule has 0 aliphatic carbocycles. The molecule has 1 aliphatic heterocycles. The maximum atomic E-state index is 12.2. The predicted octanol–water partition coefficient (Wildman–Crippen LogP) is 0.349. The Hall–Kier alpha value is -3.00. The molecule has 27 heavy (non-hydrogen) atoms. The van der Waals surface area contributed by atoms with E-state index >= 15 is 0 Å². The van der Waals surface area contributed by atoms with Gasteiger partial charge in [-0.25, -0.2) is 9.67 Å². The molecule has 0 amide bonds. The zero-order chi connectivity index (χ0) is 19.0.